The predicted octanol–water partition coefficient (Wildman–Crippen LogP) is -5.40. The molecule has 2 saturated heterocycles. The molecular formula is C12H22O11. The van der Waals surface area contributed by atoms with Gasteiger partial charge in [-0.3, -0.25) is 0 Å². The first-order valence-electron chi connectivity index (χ1n) is 7.07. The van der Waals surface area contributed by atoms with Crippen molar-refractivity contribution in [3.63, 3.8) is 0 Å². The summed E-state index contributed by atoms with van der Waals surface area (Å²) < 4.78 is 15.1. The van der Waals surface area contributed by atoms with Gasteiger partial charge in [-0.2, -0.15) is 0 Å². The second-order valence-corrected chi connectivity index (χ2v) is 5.57. The van der Waals surface area contributed by atoms with E-state index < -0.39 is 74.6 Å². The number of hydrogen-bond donors (Lipinski definition) is 8. The minimum atomic E-state index is -1.74. The van der Waals surface area contributed by atoms with E-state index in [1.165, 1.54) is 0 Å². The topological polar surface area (TPSA) is 190 Å². The van der Waals surface area contributed by atoms with Crippen LogP contribution in [0.5, 0.6) is 0 Å². The standard InChI is InChI=1S/C12H22O11/c13-1-3-5(14)8(17)10(19)12(23-3)21-2-4-6(15)7(16)9(18)11(20)22-4/h3-20H,1-2H2/t3-,4-,5-,6-,7-,8-,9-,10-,11-,12-/m1/s1. The highest BCUT2D eigenvalue weighted by Gasteiger charge is 2.46. The van der Waals surface area contributed by atoms with E-state index in [4.69, 9.17) is 19.3 Å². The first kappa shape index (κ1) is 18.9. The monoisotopic (exact) mass is 342 g/mol. The minimum absolute atomic E-state index is 0.468. The zero-order chi connectivity index (χ0) is 17.3. The molecule has 23 heavy (non-hydrogen) atoms. The van der Waals surface area contributed by atoms with Gasteiger partial charge in [-0.15, -0.1) is 0 Å². The molecule has 2 aliphatic rings. The summed E-state index contributed by atoms with van der Waals surface area (Å²) in [7, 11) is 0. The fraction of sp³-hybridized carbons (Fsp3) is 1.00. The van der Waals surface area contributed by atoms with Gasteiger partial charge in [0.15, 0.2) is 12.6 Å². The molecule has 8 N–H and O–H groups in total. The number of aliphatic hydroxyl groups is 8. The van der Waals surface area contributed by atoms with Crippen LogP contribution in [-0.2, 0) is 14.2 Å². The van der Waals surface area contributed by atoms with Crippen molar-refractivity contribution >= 4 is 0 Å². The molecule has 2 heterocycles. The maximum atomic E-state index is 9.78. The average Bonchev–Trinajstić information content (AvgIpc) is 2.54. The summed E-state index contributed by atoms with van der Waals surface area (Å²) in [5, 5.41) is 76.1. The SMILES string of the molecule is OC[C@H]1O[C@@H](OC[C@H]2O[C@@H](O)[C@H](O)[C@H](O)[C@@H]2O)[C@H](O)[C@H](O)[C@@H]1O. The lowest BCUT2D eigenvalue weighted by Crippen LogP contribution is -2.61. The Kier molecular flexibility index (Phi) is 6.27. The second kappa shape index (κ2) is 7.63. The minimum Gasteiger partial charge on any atom is -0.394 e. The molecule has 2 fully saturated rings. The fourth-order valence-corrected chi connectivity index (χ4v) is 2.46. The van der Waals surface area contributed by atoms with Crippen molar-refractivity contribution in [1.29, 1.82) is 0 Å². The van der Waals surface area contributed by atoms with Crippen LogP contribution in [0.1, 0.15) is 0 Å². The van der Waals surface area contributed by atoms with Gasteiger partial charge < -0.3 is 55.1 Å². The van der Waals surface area contributed by atoms with Gasteiger partial charge in [0.25, 0.3) is 0 Å². The second-order valence-electron chi connectivity index (χ2n) is 5.57. The highest BCUT2D eigenvalue weighted by Crippen LogP contribution is 2.24. The van der Waals surface area contributed by atoms with E-state index >= 15 is 0 Å². The van der Waals surface area contributed by atoms with Crippen molar-refractivity contribution in [2.24, 2.45) is 0 Å². The van der Waals surface area contributed by atoms with Gasteiger partial charge in [0.2, 0.25) is 0 Å². The molecule has 0 spiro atoms. The molecule has 0 amide bonds. The van der Waals surface area contributed by atoms with E-state index in [-0.39, 0.29) is 0 Å². The molecule has 0 aromatic rings. The van der Waals surface area contributed by atoms with Crippen LogP contribution in [0.3, 0.4) is 0 Å². The third-order valence-electron chi connectivity index (χ3n) is 3.96. The Hall–Kier alpha value is -0.440. The Bertz CT molecular complexity index is 380. The van der Waals surface area contributed by atoms with Crippen LogP contribution in [0.25, 0.3) is 0 Å². The van der Waals surface area contributed by atoms with E-state index in [1.807, 2.05) is 0 Å². The summed E-state index contributed by atoms with van der Waals surface area (Å²) in [4.78, 5) is 0. The highest BCUT2D eigenvalue weighted by atomic mass is 16.7. The molecule has 11 heteroatoms. The first-order valence-corrected chi connectivity index (χ1v) is 7.07. The van der Waals surface area contributed by atoms with Crippen molar-refractivity contribution in [3.05, 3.63) is 0 Å². The van der Waals surface area contributed by atoms with E-state index in [0.717, 1.165) is 0 Å². The van der Waals surface area contributed by atoms with Gasteiger partial charge in [0.1, 0.15) is 48.8 Å². The van der Waals surface area contributed by atoms with Crippen molar-refractivity contribution in [1.82, 2.24) is 0 Å². The summed E-state index contributed by atoms with van der Waals surface area (Å²) in [6, 6.07) is 0. The van der Waals surface area contributed by atoms with Crippen LogP contribution in [0.4, 0.5) is 0 Å². The van der Waals surface area contributed by atoms with Gasteiger partial charge in [-0.25, -0.2) is 0 Å². The predicted molar refractivity (Wildman–Crippen MR) is 68.6 cm³/mol. The largest absolute Gasteiger partial charge is 0.394 e. The normalized spacial score (nSPS) is 51.7. The molecule has 2 rings (SSSR count). The summed E-state index contributed by atoms with van der Waals surface area (Å²) in [6.07, 6.45) is -15.3. The average molecular weight is 342 g/mol. The molecule has 2 aliphatic heterocycles. The number of hydrogen-bond acceptors (Lipinski definition) is 11. The summed E-state index contributed by atoms with van der Waals surface area (Å²) >= 11 is 0. The molecule has 0 unspecified atom stereocenters. The molecule has 136 valence electrons. The summed E-state index contributed by atoms with van der Waals surface area (Å²) in [6.45, 7) is -1.10. The third kappa shape index (κ3) is 3.81. The van der Waals surface area contributed by atoms with Crippen molar-refractivity contribution < 1.29 is 55.1 Å². The molecule has 0 aromatic carbocycles. The molecule has 0 aromatic heterocycles. The Balaban J connectivity index is 1.94. The van der Waals surface area contributed by atoms with Gasteiger partial charge in [-0.05, 0) is 0 Å². The number of rotatable bonds is 4. The Morgan fingerprint density at radius 1 is 0.652 bits per heavy atom. The zero-order valence-electron chi connectivity index (χ0n) is 12.0. The lowest BCUT2D eigenvalue weighted by Gasteiger charge is -2.41. The van der Waals surface area contributed by atoms with E-state index in [9.17, 15) is 35.7 Å². The van der Waals surface area contributed by atoms with Crippen LogP contribution in [0.2, 0.25) is 0 Å². The molecule has 11 nitrogen and oxygen atoms in total. The van der Waals surface area contributed by atoms with E-state index in [1.54, 1.807) is 0 Å². The lowest BCUT2D eigenvalue weighted by atomic mass is 9.98. The highest BCUT2D eigenvalue weighted by molar-refractivity contribution is 4.91. The van der Waals surface area contributed by atoms with Crippen LogP contribution >= 0.6 is 0 Å². The fourth-order valence-electron chi connectivity index (χ4n) is 2.46. The maximum Gasteiger partial charge on any atom is 0.186 e. The Morgan fingerprint density at radius 3 is 1.83 bits per heavy atom. The number of ether oxygens (including phenoxy) is 3. The third-order valence-corrected chi connectivity index (χ3v) is 3.96. The smallest absolute Gasteiger partial charge is 0.186 e. The molecule has 0 radical (unpaired) electrons. The van der Waals surface area contributed by atoms with Crippen molar-refractivity contribution in [2.75, 3.05) is 13.2 Å². The molecule has 0 saturated carbocycles. The van der Waals surface area contributed by atoms with Crippen molar-refractivity contribution in [2.45, 2.75) is 61.4 Å². The zero-order valence-corrected chi connectivity index (χ0v) is 12.0. The summed E-state index contributed by atoms with van der Waals surface area (Å²) in [5.41, 5.74) is 0. The van der Waals surface area contributed by atoms with Crippen LogP contribution in [0.15, 0.2) is 0 Å². The van der Waals surface area contributed by atoms with Crippen LogP contribution < -0.4 is 0 Å². The van der Waals surface area contributed by atoms with Gasteiger partial charge in [0, 0.05) is 0 Å². The van der Waals surface area contributed by atoms with Crippen molar-refractivity contribution in [3.8, 4) is 0 Å². The van der Waals surface area contributed by atoms with Crippen LogP contribution in [-0.4, -0.2) is 115 Å². The molecular weight excluding hydrogens is 320 g/mol. The van der Waals surface area contributed by atoms with E-state index in [0.29, 0.717) is 0 Å². The Labute approximate surface area is 130 Å². The molecule has 0 bridgehead atoms. The van der Waals surface area contributed by atoms with Crippen LogP contribution in [0, 0.1) is 0 Å². The Morgan fingerprint density at radius 2 is 1.22 bits per heavy atom. The first-order chi connectivity index (χ1) is 10.8. The lowest BCUT2D eigenvalue weighted by molar-refractivity contribution is -0.325. The van der Waals surface area contributed by atoms with E-state index in [2.05, 4.69) is 0 Å². The van der Waals surface area contributed by atoms with Gasteiger partial charge in [-0.1, -0.05) is 0 Å². The molecule has 0 aliphatic carbocycles. The quantitative estimate of drug-likeness (QED) is 0.243. The number of aliphatic hydroxyl groups excluding tert-OH is 8. The maximum absolute atomic E-state index is 9.78. The summed E-state index contributed by atoms with van der Waals surface area (Å²) in [5.74, 6) is 0. The molecule has 10 atom stereocenters. The van der Waals surface area contributed by atoms with Gasteiger partial charge in [0.05, 0.1) is 13.2 Å². The van der Waals surface area contributed by atoms with Gasteiger partial charge >= 0.3 is 0 Å².